The van der Waals surface area contributed by atoms with Crippen molar-refractivity contribution in [3.8, 4) is 0 Å². The van der Waals surface area contributed by atoms with E-state index in [1.54, 1.807) is 0 Å². The second kappa shape index (κ2) is 3.84. The molecule has 15 heavy (non-hydrogen) atoms. The van der Waals surface area contributed by atoms with Crippen LogP contribution < -0.4 is 0 Å². The molecule has 0 unspecified atom stereocenters. The fourth-order valence-electron chi connectivity index (χ4n) is 0.989. The van der Waals surface area contributed by atoms with Gasteiger partial charge >= 0.3 is 0 Å². The molecule has 0 radical (unpaired) electrons. The minimum Gasteiger partial charge on any atom is -0.203 e. The standard InChI is InChI=1S/C10H5F5/c1-3-4(2)5-6(11)8(13)10(15)9(14)7(5)12/h3H,1-2H2. The second-order valence-electron chi connectivity index (χ2n) is 2.67. The zero-order valence-corrected chi connectivity index (χ0v) is 7.38. The summed E-state index contributed by atoms with van der Waals surface area (Å²) in [5.41, 5.74) is -1.43. The molecule has 0 aliphatic heterocycles. The molecule has 0 spiro atoms. The van der Waals surface area contributed by atoms with Gasteiger partial charge in [0, 0.05) is 0 Å². The van der Waals surface area contributed by atoms with Crippen LogP contribution in [0.4, 0.5) is 22.0 Å². The molecule has 0 aromatic heterocycles. The van der Waals surface area contributed by atoms with E-state index in [0.717, 1.165) is 6.08 Å². The third-order valence-corrected chi connectivity index (χ3v) is 1.78. The Morgan fingerprint density at radius 3 is 1.47 bits per heavy atom. The van der Waals surface area contributed by atoms with Crippen molar-refractivity contribution >= 4 is 5.57 Å². The highest BCUT2D eigenvalue weighted by molar-refractivity contribution is 5.72. The van der Waals surface area contributed by atoms with Crippen molar-refractivity contribution in [3.05, 3.63) is 53.9 Å². The van der Waals surface area contributed by atoms with Gasteiger partial charge in [-0.3, -0.25) is 0 Å². The van der Waals surface area contributed by atoms with Crippen LogP contribution in [0.1, 0.15) is 5.56 Å². The number of halogens is 5. The van der Waals surface area contributed by atoms with Crippen LogP contribution in [-0.2, 0) is 0 Å². The summed E-state index contributed by atoms with van der Waals surface area (Å²) in [5.74, 6) is -9.99. The summed E-state index contributed by atoms with van der Waals surface area (Å²) in [6, 6.07) is 0. The fraction of sp³-hybridized carbons (Fsp3) is 0. The number of hydrogen-bond donors (Lipinski definition) is 0. The zero-order valence-electron chi connectivity index (χ0n) is 7.38. The third-order valence-electron chi connectivity index (χ3n) is 1.78. The van der Waals surface area contributed by atoms with Gasteiger partial charge in [0.1, 0.15) is 0 Å². The molecule has 1 aromatic rings. The summed E-state index contributed by atoms with van der Waals surface area (Å²) < 4.78 is 63.9. The molecule has 1 aromatic carbocycles. The predicted molar refractivity (Wildman–Crippen MR) is 45.5 cm³/mol. The topological polar surface area (TPSA) is 0 Å². The highest BCUT2D eigenvalue weighted by atomic mass is 19.2. The van der Waals surface area contributed by atoms with Crippen molar-refractivity contribution < 1.29 is 22.0 Å². The van der Waals surface area contributed by atoms with Gasteiger partial charge in [-0.25, -0.2) is 22.0 Å². The largest absolute Gasteiger partial charge is 0.203 e. The first kappa shape index (κ1) is 11.4. The Bertz CT molecular complexity index is 419. The number of hydrogen-bond acceptors (Lipinski definition) is 0. The summed E-state index contributed by atoms with van der Waals surface area (Å²) in [7, 11) is 0. The molecule has 80 valence electrons. The number of allylic oxidation sites excluding steroid dienone is 2. The van der Waals surface area contributed by atoms with E-state index < -0.39 is 34.6 Å². The summed E-state index contributed by atoms with van der Waals surface area (Å²) in [4.78, 5) is 0. The highest BCUT2D eigenvalue weighted by Crippen LogP contribution is 2.27. The average Bonchev–Trinajstić information content (AvgIpc) is 2.23. The molecule has 0 aliphatic carbocycles. The molecule has 0 saturated heterocycles. The molecular formula is C10H5F5. The van der Waals surface area contributed by atoms with E-state index in [0.29, 0.717) is 0 Å². The second-order valence-corrected chi connectivity index (χ2v) is 2.67. The lowest BCUT2D eigenvalue weighted by atomic mass is 10.1. The summed E-state index contributed by atoms with van der Waals surface area (Å²) in [5, 5.41) is 0. The maximum absolute atomic E-state index is 13.0. The maximum Gasteiger partial charge on any atom is 0.200 e. The average molecular weight is 220 g/mol. The van der Waals surface area contributed by atoms with Crippen molar-refractivity contribution in [3.63, 3.8) is 0 Å². The van der Waals surface area contributed by atoms with Crippen LogP contribution >= 0.6 is 0 Å². The third kappa shape index (κ3) is 1.65. The molecule has 0 saturated carbocycles. The number of benzene rings is 1. The smallest absolute Gasteiger partial charge is 0.200 e. The van der Waals surface area contributed by atoms with E-state index in [2.05, 4.69) is 13.2 Å². The van der Waals surface area contributed by atoms with Gasteiger partial charge in [0.2, 0.25) is 5.82 Å². The van der Waals surface area contributed by atoms with Gasteiger partial charge in [-0.2, -0.15) is 0 Å². The van der Waals surface area contributed by atoms with Gasteiger partial charge in [0.15, 0.2) is 23.3 Å². The molecule has 0 atom stereocenters. The molecule has 5 heteroatoms. The van der Waals surface area contributed by atoms with E-state index in [1.165, 1.54) is 0 Å². The molecule has 0 N–H and O–H groups in total. The molecular weight excluding hydrogens is 215 g/mol. The Morgan fingerprint density at radius 2 is 1.13 bits per heavy atom. The quantitative estimate of drug-likeness (QED) is 0.309. The monoisotopic (exact) mass is 220 g/mol. The first-order valence-corrected chi connectivity index (χ1v) is 3.75. The van der Waals surface area contributed by atoms with Gasteiger partial charge in [-0.1, -0.05) is 19.2 Å². The minimum absolute atomic E-state index is 0.372. The SMILES string of the molecule is C=CC(=C)c1c(F)c(F)c(F)c(F)c1F. The van der Waals surface area contributed by atoms with Gasteiger partial charge in [0.05, 0.1) is 5.56 Å². The van der Waals surface area contributed by atoms with Gasteiger partial charge in [-0.05, 0) is 5.57 Å². The lowest BCUT2D eigenvalue weighted by molar-refractivity contribution is 0.376. The van der Waals surface area contributed by atoms with Crippen molar-refractivity contribution in [1.29, 1.82) is 0 Å². The van der Waals surface area contributed by atoms with Crippen LogP contribution in [0.15, 0.2) is 19.2 Å². The first-order chi connectivity index (χ1) is 6.91. The Morgan fingerprint density at radius 1 is 0.800 bits per heavy atom. The summed E-state index contributed by atoms with van der Waals surface area (Å²) in [6.07, 6.45) is 0.901. The zero-order chi connectivity index (χ0) is 11.7. The summed E-state index contributed by atoms with van der Waals surface area (Å²) in [6.45, 7) is 6.25. The lowest BCUT2D eigenvalue weighted by Gasteiger charge is -2.07. The minimum atomic E-state index is -2.19. The molecule has 0 bridgehead atoms. The molecule has 0 nitrogen and oxygen atoms in total. The van der Waals surface area contributed by atoms with E-state index in [9.17, 15) is 22.0 Å². The summed E-state index contributed by atoms with van der Waals surface area (Å²) >= 11 is 0. The van der Waals surface area contributed by atoms with Crippen LogP contribution in [0.5, 0.6) is 0 Å². The van der Waals surface area contributed by atoms with Gasteiger partial charge in [0.25, 0.3) is 0 Å². The van der Waals surface area contributed by atoms with Crippen molar-refractivity contribution in [1.82, 2.24) is 0 Å². The normalized spacial score (nSPS) is 10.2. The van der Waals surface area contributed by atoms with Crippen molar-refractivity contribution in [2.24, 2.45) is 0 Å². The molecule has 0 fully saturated rings. The maximum atomic E-state index is 13.0. The Balaban J connectivity index is 3.67. The highest BCUT2D eigenvalue weighted by Gasteiger charge is 2.25. The lowest BCUT2D eigenvalue weighted by Crippen LogP contribution is -2.05. The van der Waals surface area contributed by atoms with Gasteiger partial charge in [-0.15, -0.1) is 0 Å². The molecule has 0 heterocycles. The fourth-order valence-corrected chi connectivity index (χ4v) is 0.989. The van der Waals surface area contributed by atoms with E-state index in [1.807, 2.05) is 0 Å². The van der Waals surface area contributed by atoms with Gasteiger partial charge < -0.3 is 0 Å². The van der Waals surface area contributed by atoms with Crippen molar-refractivity contribution in [2.75, 3.05) is 0 Å². The van der Waals surface area contributed by atoms with Crippen LogP contribution in [0, 0.1) is 29.1 Å². The van der Waals surface area contributed by atoms with E-state index in [-0.39, 0.29) is 5.57 Å². The first-order valence-electron chi connectivity index (χ1n) is 3.75. The Kier molecular flexibility index (Phi) is 2.93. The van der Waals surface area contributed by atoms with E-state index in [4.69, 9.17) is 0 Å². The Labute approximate surface area is 82.3 Å². The van der Waals surface area contributed by atoms with Crippen LogP contribution in [0.2, 0.25) is 0 Å². The van der Waals surface area contributed by atoms with Crippen LogP contribution in [0.3, 0.4) is 0 Å². The van der Waals surface area contributed by atoms with Crippen LogP contribution in [0.25, 0.3) is 5.57 Å². The van der Waals surface area contributed by atoms with Crippen LogP contribution in [-0.4, -0.2) is 0 Å². The predicted octanol–water partition coefficient (Wildman–Crippen LogP) is 3.58. The van der Waals surface area contributed by atoms with E-state index >= 15 is 0 Å². The molecule has 0 amide bonds. The molecule has 0 aliphatic rings. The van der Waals surface area contributed by atoms with Crippen molar-refractivity contribution in [2.45, 2.75) is 0 Å². The molecule has 1 rings (SSSR count). The Hall–Kier alpha value is -1.65. The number of rotatable bonds is 2.